The van der Waals surface area contributed by atoms with Crippen molar-refractivity contribution in [2.24, 2.45) is 7.05 Å². The Balaban J connectivity index is 1.75. The number of pyridine rings is 1. The number of fused-ring (bicyclic) bond motifs is 1. The maximum atomic E-state index is 13.1. The van der Waals surface area contributed by atoms with Gasteiger partial charge in [-0.3, -0.25) is 9.59 Å². The molecule has 0 bridgehead atoms. The first-order valence-electron chi connectivity index (χ1n) is 9.71. The van der Waals surface area contributed by atoms with Gasteiger partial charge in [-0.05, 0) is 35.2 Å². The molecule has 7 heteroatoms. The summed E-state index contributed by atoms with van der Waals surface area (Å²) >= 11 is 11.9. The lowest BCUT2D eigenvalue weighted by Crippen LogP contribution is -2.27. The van der Waals surface area contributed by atoms with Gasteiger partial charge in [0.15, 0.2) is 12.4 Å². The van der Waals surface area contributed by atoms with E-state index in [-0.39, 0.29) is 21.8 Å². The monoisotopic (exact) mass is 465 g/mol. The lowest BCUT2D eigenvalue weighted by Gasteiger charge is -2.16. The summed E-state index contributed by atoms with van der Waals surface area (Å²) in [6.07, 6.45) is 0. The van der Waals surface area contributed by atoms with E-state index < -0.39 is 18.4 Å². The molecule has 0 aliphatic heterocycles. The van der Waals surface area contributed by atoms with Crippen LogP contribution in [0.2, 0.25) is 10.0 Å². The van der Waals surface area contributed by atoms with Gasteiger partial charge in [0.05, 0.1) is 10.0 Å². The Morgan fingerprint density at radius 3 is 2.22 bits per heavy atom. The normalized spacial score (nSPS) is 10.8. The molecule has 32 heavy (non-hydrogen) atoms. The fraction of sp³-hybridized carbons (Fsp3) is 0.0800. The number of ketones is 1. The third-order valence-corrected chi connectivity index (χ3v) is 5.87. The van der Waals surface area contributed by atoms with Crippen molar-refractivity contribution in [2.45, 2.75) is 0 Å². The van der Waals surface area contributed by atoms with E-state index in [0.29, 0.717) is 21.4 Å². The number of halogens is 2. The van der Waals surface area contributed by atoms with Gasteiger partial charge in [-0.25, -0.2) is 4.79 Å². The first-order valence-corrected chi connectivity index (χ1v) is 10.5. The predicted molar refractivity (Wildman–Crippen MR) is 126 cm³/mol. The molecule has 1 aromatic heterocycles. The van der Waals surface area contributed by atoms with E-state index in [1.807, 2.05) is 30.3 Å². The summed E-state index contributed by atoms with van der Waals surface area (Å²) in [5.74, 6) is -1.22. The summed E-state index contributed by atoms with van der Waals surface area (Å²) in [6, 6.07) is 20.8. The van der Waals surface area contributed by atoms with Crippen molar-refractivity contribution >= 4 is 45.7 Å². The fourth-order valence-electron chi connectivity index (χ4n) is 3.55. The number of nitrogens with zero attached hydrogens (tertiary/aromatic N) is 1. The molecule has 4 aromatic rings. The summed E-state index contributed by atoms with van der Waals surface area (Å²) in [7, 11) is 1.51. The second-order valence-corrected chi connectivity index (χ2v) is 7.94. The molecule has 0 atom stereocenters. The number of esters is 1. The Morgan fingerprint density at radius 2 is 1.53 bits per heavy atom. The Labute approximate surface area is 193 Å². The minimum absolute atomic E-state index is 0.0711. The van der Waals surface area contributed by atoms with Crippen LogP contribution in [0.5, 0.6) is 0 Å². The van der Waals surface area contributed by atoms with Gasteiger partial charge in [-0.15, -0.1) is 0 Å². The number of carbonyl (C=O) groups is 2. The lowest BCUT2D eigenvalue weighted by atomic mass is 9.97. The van der Waals surface area contributed by atoms with E-state index in [1.165, 1.54) is 29.8 Å². The molecule has 1 heterocycles. The molecular formula is C25H17Cl2NO4. The van der Waals surface area contributed by atoms with Crippen LogP contribution in [0.25, 0.3) is 21.9 Å². The number of carbonyl (C=O) groups excluding carboxylic acids is 2. The number of hydrogen-bond acceptors (Lipinski definition) is 4. The smallest absolute Gasteiger partial charge is 0.356 e. The Bertz CT molecular complexity index is 1410. The molecule has 0 spiro atoms. The summed E-state index contributed by atoms with van der Waals surface area (Å²) in [5.41, 5.74) is 1.32. The van der Waals surface area contributed by atoms with Crippen LogP contribution in [-0.2, 0) is 11.8 Å². The Kier molecular flexibility index (Phi) is 6.12. The van der Waals surface area contributed by atoms with Crippen LogP contribution in [0, 0.1) is 0 Å². The highest BCUT2D eigenvalue weighted by Crippen LogP contribution is 2.31. The van der Waals surface area contributed by atoms with E-state index in [9.17, 15) is 14.4 Å². The van der Waals surface area contributed by atoms with Crippen LogP contribution in [-0.4, -0.2) is 22.9 Å². The van der Waals surface area contributed by atoms with Crippen molar-refractivity contribution in [3.63, 3.8) is 0 Å². The molecule has 0 saturated carbocycles. The van der Waals surface area contributed by atoms with Gasteiger partial charge in [0.25, 0.3) is 5.56 Å². The minimum Gasteiger partial charge on any atom is -0.453 e. The number of Topliss-reactive ketones (excluding diaryl/α,β-unsaturated/α-hetero) is 1. The third kappa shape index (κ3) is 4.05. The van der Waals surface area contributed by atoms with Crippen LogP contribution in [0.3, 0.4) is 0 Å². The third-order valence-electron chi connectivity index (χ3n) is 5.14. The van der Waals surface area contributed by atoms with Crippen LogP contribution in [0.4, 0.5) is 0 Å². The molecule has 0 amide bonds. The van der Waals surface area contributed by atoms with Crippen molar-refractivity contribution in [1.82, 2.24) is 4.57 Å². The molecule has 0 aliphatic carbocycles. The molecule has 0 saturated heterocycles. The average molecular weight is 466 g/mol. The molecule has 0 radical (unpaired) electrons. The highest BCUT2D eigenvalue weighted by Gasteiger charge is 2.23. The minimum atomic E-state index is -0.775. The molecule has 0 fully saturated rings. The Hall–Kier alpha value is -3.41. The van der Waals surface area contributed by atoms with Gasteiger partial charge >= 0.3 is 5.97 Å². The Morgan fingerprint density at radius 1 is 0.875 bits per heavy atom. The van der Waals surface area contributed by atoms with Gasteiger partial charge in [0.2, 0.25) is 0 Å². The SMILES string of the molecule is Cn1c(C(=O)OCC(=O)c2ccc(Cl)c(Cl)c2)c(-c2ccccc2)c2ccccc2c1=O. The molecule has 4 rings (SSSR count). The lowest BCUT2D eigenvalue weighted by molar-refractivity contribution is 0.0465. The van der Waals surface area contributed by atoms with Gasteiger partial charge in [0, 0.05) is 23.6 Å². The zero-order valence-corrected chi connectivity index (χ0v) is 18.5. The van der Waals surface area contributed by atoms with Gasteiger partial charge < -0.3 is 9.30 Å². The quantitative estimate of drug-likeness (QED) is 0.286. The van der Waals surface area contributed by atoms with Gasteiger partial charge in [-0.2, -0.15) is 0 Å². The van der Waals surface area contributed by atoms with Crippen molar-refractivity contribution in [3.05, 3.63) is 104 Å². The summed E-state index contributed by atoms with van der Waals surface area (Å²) in [6.45, 7) is -0.508. The number of ether oxygens (including phenoxy) is 1. The van der Waals surface area contributed by atoms with Gasteiger partial charge in [-0.1, -0.05) is 71.7 Å². The van der Waals surface area contributed by atoms with E-state index in [2.05, 4.69) is 0 Å². The second kappa shape index (κ2) is 8.99. The van der Waals surface area contributed by atoms with E-state index in [1.54, 1.807) is 24.3 Å². The van der Waals surface area contributed by atoms with Crippen molar-refractivity contribution in [2.75, 3.05) is 6.61 Å². The maximum Gasteiger partial charge on any atom is 0.356 e. The van der Waals surface area contributed by atoms with E-state index in [0.717, 1.165) is 5.56 Å². The standard InChI is InChI=1S/C25H17Cl2NO4/c1-28-23(25(31)32-14-21(29)16-11-12-19(26)20(27)13-16)22(15-7-3-2-4-8-15)17-9-5-6-10-18(17)24(28)30/h2-13H,14H2,1H3. The number of hydrogen-bond donors (Lipinski definition) is 0. The van der Waals surface area contributed by atoms with Crippen LogP contribution < -0.4 is 5.56 Å². The van der Waals surface area contributed by atoms with Gasteiger partial charge in [0.1, 0.15) is 5.69 Å². The predicted octanol–water partition coefficient (Wildman–Crippen LogP) is 5.55. The molecule has 0 aliphatic rings. The summed E-state index contributed by atoms with van der Waals surface area (Å²) in [5, 5.41) is 1.66. The van der Waals surface area contributed by atoms with Crippen molar-refractivity contribution in [3.8, 4) is 11.1 Å². The molecule has 160 valence electrons. The number of aromatic nitrogens is 1. The first-order chi connectivity index (χ1) is 15.4. The van der Waals surface area contributed by atoms with Crippen LogP contribution in [0.1, 0.15) is 20.8 Å². The zero-order valence-electron chi connectivity index (χ0n) is 17.0. The highest BCUT2D eigenvalue weighted by molar-refractivity contribution is 6.42. The number of rotatable bonds is 5. The molecule has 5 nitrogen and oxygen atoms in total. The van der Waals surface area contributed by atoms with Crippen molar-refractivity contribution < 1.29 is 14.3 Å². The summed E-state index contributed by atoms with van der Waals surface area (Å²) in [4.78, 5) is 38.6. The maximum absolute atomic E-state index is 13.1. The summed E-state index contributed by atoms with van der Waals surface area (Å²) < 4.78 is 6.60. The van der Waals surface area contributed by atoms with Crippen molar-refractivity contribution in [1.29, 1.82) is 0 Å². The largest absolute Gasteiger partial charge is 0.453 e. The fourth-order valence-corrected chi connectivity index (χ4v) is 3.85. The van der Waals surface area contributed by atoms with E-state index >= 15 is 0 Å². The molecule has 0 N–H and O–H groups in total. The second-order valence-electron chi connectivity index (χ2n) is 7.13. The highest BCUT2D eigenvalue weighted by atomic mass is 35.5. The molecular weight excluding hydrogens is 449 g/mol. The average Bonchev–Trinajstić information content (AvgIpc) is 2.81. The topological polar surface area (TPSA) is 65.4 Å². The molecule has 3 aromatic carbocycles. The first kappa shape index (κ1) is 21.8. The van der Waals surface area contributed by atoms with E-state index in [4.69, 9.17) is 27.9 Å². The van der Waals surface area contributed by atoms with Crippen LogP contribution in [0.15, 0.2) is 77.6 Å². The van der Waals surface area contributed by atoms with Crippen LogP contribution >= 0.6 is 23.2 Å². The molecule has 0 unspecified atom stereocenters. The zero-order chi connectivity index (χ0) is 22.8. The number of benzene rings is 3.